The molecular weight excluding hydrogens is 605 g/mol. The van der Waals surface area contributed by atoms with Crippen molar-refractivity contribution in [2.24, 2.45) is 0 Å². The van der Waals surface area contributed by atoms with E-state index >= 15 is 0 Å². The van der Waals surface area contributed by atoms with E-state index in [-0.39, 0.29) is 0 Å². The summed E-state index contributed by atoms with van der Waals surface area (Å²) >= 11 is 0. The Morgan fingerprint density at radius 1 is 0.340 bits per heavy atom. The average molecular weight is 641 g/mol. The van der Waals surface area contributed by atoms with Crippen LogP contribution in [0.2, 0.25) is 0 Å². The molecule has 0 aliphatic carbocycles. The first-order valence-corrected chi connectivity index (χ1v) is 17.3. The lowest BCUT2D eigenvalue weighted by atomic mass is 9.98. The minimum absolute atomic E-state index is 1.17. The van der Waals surface area contributed by atoms with Gasteiger partial charge in [-0.05, 0) is 95.8 Å². The van der Waals surface area contributed by atoms with E-state index in [9.17, 15) is 0 Å². The van der Waals surface area contributed by atoms with Crippen LogP contribution in [0, 0.1) is 13.8 Å². The number of fused-ring (bicyclic) bond motifs is 6. The summed E-state index contributed by atoms with van der Waals surface area (Å²) < 4.78 is 4.72. The van der Waals surface area contributed by atoms with E-state index in [1.165, 1.54) is 88.4 Å². The molecule has 0 aliphatic heterocycles. The summed E-state index contributed by atoms with van der Waals surface area (Å²) in [6.45, 7) is 4.39. The predicted molar refractivity (Wildman–Crippen MR) is 215 cm³/mol. The second-order valence-electron chi connectivity index (χ2n) is 13.2. The molecule has 9 aromatic rings. The van der Waals surface area contributed by atoms with Gasteiger partial charge in [0.1, 0.15) is 0 Å². The SMILES string of the molecule is Cc1cc(/C=C/c2ccc(-n3c4ccccc4c4ccccc43)cc2)c(C)cc1/C=C/c1ccc(-n2c3ccccc3c3ccccc32)cc1. The van der Waals surface area contributed by atoms with E-state index in [2.05, 4.69) is 205 Å². The summed E-state index contributed by atoms with van der Waals surface area (Å²) in [4.78, 5) is 0. The van der Waals surface area contributed by atoms with Crippen molar-refractivity contribution in [2.75, 3.05) is 0 Å². The van der Waals surface area contributed by atoms with Gasteiger partial charge in [-0.15, -0.1) is 0 Å². The van der Waals surface area contributed by atoms with Crippen LogP contribution in [0.25, 0.3) is 79.3 Å². The number of hydrogen-bond donors (Lipinski definition) is 0. The highest BCUT2D eigenvalue weighted by Gasteiger charge is 2.12. The van der Waals surface area contributed by atoms with E-state index in [4.69, 9.17) is 0 Å². The lowest BCUT2D eigenvalue weighted by Gasteiger charge is -2.09. The number of aryl methyl sites for hydroxylation is 2. The van der Waals surface area contributed by atoms with Crippen molar-refractivity contribution in [2.45, 2.75) is 13.8 Å². The Labute approximate surface area is 292 Å². The normalized spacial score (nSPS) is 12.0. The van der Waals surface area contributed by atoms with Crippen molar-refractivity contribution in [1.82, 2.24) is 9.13 Å². The summed E-state index contributed by atoms with van der Waals surface area (Å²) in [6, 6.07) is 56.9. The second-order valence-corrected chi connectivity index (χ2v) is 13.2. The topological polar surface area (TPSA) is 9.86 Å². The third-order valence-corrected chi connectivity index (χ3v) is 10.0. The molecule has 2 heteroatoms. The van der Waals surface area contributed by atoms with Crippen LogP contribution < -0.4 is 0 Å². The molecule has 0 aliphatic rings. The number of rotatable bonds is 6. The Hall–Kier alpha value is -6.38. The van der Waals surface area contributed by atoms with Crippen molar-refractivity contribution in [1.29, 1.82) is 0 Å². The molecule has 50 heavy (non-hydrogen) atoms. The molecule has 2 heterocycles. The fourth-order valence-corrected chi connectivity index (χ4v) is 7.46. The smallest absolute Gasteiger partial charge is 0.0541 e. The highest BCUT2D eigenvalue weighted by Crippen LogP contribution is 2.33. The molecule has 0 saturated carbocycles. The largest absolute Gasteiger partial charge is 0.309 e. The van der Waals surface area contributed by atoms with Crippen molar-refractivity contribution in [3.63, 3.8) is 0 Å². The van der Waals surface area contributed by atoms with Crippen molar-refractivity contribution >= 4 is 67.9 Å². The van der Waals surface area contributed by atoms with Crippen LogP contribution in [0.5, 0.6) is 0 Å². The molecule has 0 unspecified atom stereocenters. The molecule has 0 bridgehead atoms. The maximum atomic E-state index is 2.36. The third kappa shape index (κ3) is 5.14. The van der Waals surface area contributed by atoms with E-state index in [0.29, 0.717) is 0 Å². The van der Waals surface area contributed by atoms with Gasteiger partial charge in [0.15, 0.2) is 0 Å². The Morgan fingerprint density at radius 3 is 0.960 bits per heavy atom. The number of aromatic nitrogens is 2. The number of para-hydroxylation sites is 4. The van der Waals surface area contributed by atoms with Gasteiger partial charge in [0, 0.05) is 32.9 Å². The van der Waals surface area contributed by atoms with Gasteiger partial charge in [-0.3, -0.25) is 0 Å². The zero-order valence-corrected chi connectivity index (χ0v) is 28.2. The van der Waals surface area contributed by atoms with Crippen LogP contribution in [-0.2, 0) is 0 Å². The molecule has 0 fully saturated rings. The van der Waals surface area contributed by atoms with Crippen LogP contribution in [0.3, 0.4) is 0 Å². The van der Waals surface area contributed by atoms with Gasteiger partial charge in [-0.1, -0.05) is 133 Å². The molecular formula is C48H36N2. The minimum atomic E-state index is 1.17. The molecule has 7 aromatic carbocycles. The average Bonchev–Trinajstić information content (AvgIpc) is 3.68. The molecule has 9 rings (SSSR count). The molecule has 238 valence electrons. The first kappa shape index (κ1) is 29.7. The summed E-state index contributed by atoms with van der Waals surface area (Å²) in [5, 5.41) is 5.13. The van der Waals surface area contributed by atoms with Gasteiger partial charge >= 0.3 is 0 Å². The Bertz CT molecular complexity index is 2450. The van der Waals surface area contributed by atoms with Gasteiger partial charge in [-0.2, -0.15) is 0 Å². The second kappa shape index (κ2) is 12.3. The van der Waals surface area contributed by atoms with E-state index < -0.39 is 0 Å². The maximum absolute atomic E-state index is 2.36. The highest BCUT2D eigenvalue weighted by atomic mass is 15.0. The Kier molecular flexibility index (Phi) is 7.29. The van der Waals surface area contributed by atoms with E-state index in [1.807, 2.05) is 0 Å². The Morgan fingerprint density at radius 2 is 0.640 bits per heavy atom. The molecule has 2 nitrogen and oxygen atoms in total. The van der Waals surface area contributed by atoms with Gasteiger partial charge in [0.25, 0.3) is 0 Å². The maximum Gasteiger partial charge on any atom is 0.0541 e. The zero-order chi connectivity index (χ0) is 33.6. The fourth-order valence-electron chi connectivity index (χ4n) is 7.46. The third-order valence-electron chi connectivity index (χ3n) is 10.0. The van der Waals surface area contributed by atoms with E-state index in [0.717, 1.165) is 0 Å². The monoisotopic (exact) mass is 640 g/mol. The molecule has 2 aromatic heterocycles. The molecule has 0 saturated heterocycles. The lowest BCUT2D eigenvalue weighted by molar-refractivity contribution is 1.18. The van der Waals surface area contributed by atoms with Crippen LogP contribution in [0.4, 0.5) is 0 Å². The molecule has 0 N–H and O–H groups in total. The molecule has 0 radical (unpaired) electrons. The Balaban J connectivity index is 0.940. The summed E-state index contributed by atoms with van der Waals surface area (Å²) in [5.74, 6) is 0. The van der Waals surface area contributed by atoms with Crippen LogP contribution in [0.1, 0.15) is 33.4 Å². The van der Waals surface area contributed by atoms with Gasteiger partial charge in [0.2, 0.25) is 0 Å². The standard InChI is InChI=1S/C48H36N2/c1-33-31-38(26-20-36-23-29-40(30-24-36)50-47-17-9-5-13-43(47)44-14-6-10-18-48(44)50)34(2)32-37(33)25-19-35-21-27-39(28-22-35)49-45-15-7-3-11-41(45)42-12-4-8-16-46(42)49/h3-32H,1-2H3/b25-19+,26-20+. The van der Waals surface area contributed by atoms with Crippen molar-refractivity contribution < 1.29 is 0 Å². The van der Waals surface area contributed by atoms with Crippen LogP contribution >= 0.6 is 0 Å². The van der Waals surface area contributed by atoms with Crippen molar-refractivity contribution in [3.05, 3.63) is 191 Å². The lowest BCUT2D eigenvalue weighted by Crippen LogP contribution is -1.93. The fraction of sp³-hybridized carbons (Fsp3) is 0.0417. The first-order chi connectivity index (χ1) is 24.6. The zero-order valence-electron chi connectivity index (χ0n) is 28.2. The highest BCUT2D eigenvalue weighted by molar-refractivity contribution is 6.10. The van der Waals surface area contributed by atoms with Gasteiger partial charge in [0.05, 0.1) is 22.1 Å². The van der Waals surface area contributed by atoms with Crippen molar-refractivity contribution in [3.8, 4) is 11.4 Å². The summed E-state index contributed by atoms with van der Waals surface area (Å²) in [7, 11) is 0. The molecule has 0 amide bonds. The van der Waals surface area contributed by atoms with Crippen LogP contribution in [-0.4, -0.2) is 9.13 Å². The summed E-state index contributed by atoms with van der Waals surface area (Å²) in [5.41, 5.74) is 14.6. The summed E-state index contributed by atoms with van der Waals surface area (Å²) in [6.07, 6.45) is 8.90. The number of benzene rings is 7. The van der Waals surface area contributed by atoms with Gasteiger partial charge in [-0.25, -0.2) is 0 Å². The van der Waals surface area contributed by atoms with Gasteiger partial charge < -0.3 is 9.13 Å². The van der Waals surface area contributed by atoms with Crippen LogP contribution in [0.15, 0.2) is 158 Å². The molecule has 0 spiro atoms. The quantitative estimate of drug-likeness (QED) is 0.160. The molecule has 0 atom stereocenters. The van der Waals surface area contributed by atoms with E-state index in [1.54, 1.807) is 0 Å². The number of nitrogens with zero attached hydrogens (tertiary/aromatic N) is 2. The first-order valence-electron chi connectivity index (χ1n) is 17.3. The predicted octanol–water partition coefficient (Wildman–Crippen LogP) is 12.8. The number of hydrogen-bond acceptors (Lipinski definition) is 0. The minimum Gasteiger partial charge on any atom is -0.309 e.